The second-order valence-electron chi connectivity index (χ2n) is 22.2. The molecule has 0 bridgehead atoms. The molecule has 4 aliphatic heterocycles. The Morgan fingerprint density at radius 2 is 0.904 bits per heavy atom. The van der Waals surface area contributed by atoms with Crippen molar-refractivity contribution in [3.63, 3.8) is 0 Å². The predicted octanol–water partition coefficient (Wildman–Crippen LogP) is 11.3. The zero-order chi connectivity index (χ0) is 64.8. The molecule has 4 aromatic heterocycles. The fourth-order valence-electron chi connectivity index (χ4n) is 13.6. The Balaban J connectivity index is 0.000000155. The number of halogens is 4. The van der Waals surface area contributed by atoms with E-state index < -0.39 is 96.3 Å². The number of carbonyl (C=O) groups is 4. The van der Waals surface area contributed by atoms with Gasteiger partial charge in [0.25, 0.3) is 11.8 Å². The van der Waals surface area contributed by atoms with Crippen LogP contribution in [0, 0.1) is 23.3 Å². The Kier molecular flexibility index (Phi) is 15.2. The lowest BCUT2D eigenvalue weighted by Crippen LogP contribution is -2.66. The van der Waals surface area contributed by atoms with E-state index in [1.165, 1.54) is 56.6 Å². The molecule has 4 atom stereocenters. The fourth-order valence-corrected chi connectivity index (χ4v) is 16.1. The zero-order valence-corrected chi connectivity index (χ0v) is 51.2. The van der Waals surface area contributed by atoms with Gasteiger partial charge in [0.1, 0.15) is 12.3 Å². The minimum atomic E-state index is -1.03. The van der Waals surface area contributed by atoms with Crippen LogP contribution in [0.5, 0.6) is 11.5 Å². The van der Waals surface area contributed by atoms with E-state index in [2.05, 4.69) is 9.47 Å². The summed E-state index contributed by atoms with van der Waals surface area (Å²) in [5.74, 6) is -5.63. The lowest BCUT2D eigenvalue weighted by molar-refractivity contribution is -0.0210. The van der Waals surface area contributed by atoms with E-state index in [0.717, 1.165) is 78.5 Å². The quantitative estimate of drug-likeness (QED) is 0.0790. The maximum Gasteiger partial charge on any atom is 0.510 e. The molecule has 2 unspecified atom stereocenters. The SMILES string of the molecule is COC(=O)OCOc1c2n(ccc1=O)N(C1c3ccccc3-c3sc4ccccc4c3-c3c1ccc(F)c3F)C1COCCN1C2=O.COC(=O)OCOc1c2n(ccc1=O)N([C@@H]1c3ccccc3-c3sc4ccccc4c3-c3c1ccc(F)c3F)[C@@H]1COCCN1C2=O. The molecule has 26 heteroatoms. The molecule has 10 aromatic rings. The highest BCUT2D eigenvalue weighted by Gasteiger charge is 2.50. The first-order chi connectivity index (χ1) is 45.8. The van der Waals surface area contributed by atoms with E-state index in [1.807, 2.05) is 107 Å². The van der Waals surface area contributed by atoms with Gasteiger partial charge in [0.05, 0.1) is 52.7 Å². The number of rotatable bonds is 8. The van der Waals surface area contributed by atoms with Crippen molar-refractivity contribution in [1.29, 1.82) is 0 Å². The lowest BCUT2D eigenvalue weighted by atomic mass is 9.91. The second-order valence-corrected chi connectivity index (χ2v) is 24.3. The van der Waals surface area contributed by atoms with E-state index in [-0.39, 0.29) is 73.5 Å². The van der Waals surface area contributed by atoms with Crippen LogP contribution in [0.2, 0.25) is 0 Å². The van der Waals surface area contributed by atoms with Gasteiger partial charge in [0, 0.05) is 89.8 Å². The van der Waals surface area contributed by atoms with Crippen molar-refractivity contribution in [3.05, 3.63) is 223 Å². The van der Waals surface area contributed by atoms with Gasteiger partial charge >= 0.3 is 12.3 Å². The van der Waals surface area contributed by atoms with E-state index in [1.54, 1.807) is 21.9 Å². The van der Waals surface area contributed by atoms with Crippen molar-refractivity contribution >= 4 is 67.0 Å². The minimum Gasteiger partial charge on any atom is -0.451 e. The van der Waals surface area contributed by atoms with Crippen molar-refractivity contribution in [2.24, 2.45) is 0 Å². The van der Waals surface area contributed by atoms with Crippen LogP contribution in [0.15, 0.2) is 155 Å². The summed E-state index contributed by atoms with van der Waals surface area (Å²) in [5.41, 5.74) is 4.02. The minimum absolute atomic E-state index is 0.0986. The molecule has 6 aliphatic rings. The van der Waals surface area contributed by atoms with Crippen LogP contribution in [0.3, 0.4) is 0 Å². The highest BCUT2D eigenvalue weighted by molar-refractivity contribution is 7.23. The largest absolute Gasteiger partial charge is 0.510 e. The van der Waals surface area contributed by atoms with Crippen LogP contribution < -0.4 is 30.3 Å². The number of methoxy groups -OCH3 is 2. The molecule has 20 nitrogen and oxygen atoms in total. The Morgan fingerprint density at radius 3 is 1.33 bits per heavy atom. The van der Waals surface area contributed by atoms with Gasteiger partial charge in [-0.15, -0.1) is 22.7 Å². The first-order valence-electron chi connectivity index (χ1n) is 29.5. The maximum atomic E-state index is 16.4. The van der Waals surface area contributed by atoms with E-state index >= 15 is 17.6 Å². The molecule has 16 rings (SSSR count). The van der Waals surface area contributed by atoms with Crippen LogP contribution in [0.1, 0.15) is 55.3 Å². The van der Waals surface area contributed by atoms with Gasteiger partial charge in [0.2, 0.25) is 35.9 Å². The molecular weight excluding hydrogens is 1260 g/mol. The summed E-state index contributed by atoms with van der Waals surface area (Å²) in [4.78, 5) is 82.5. The summed E-state index contributed by atoms with van der Waals surface area (Å²) in [5, 5.41) is 5.26. The number of carbonyl (C=O) groups excluding carboxylic acids is 4. The Hall–Kier alpha value is -10.5. The monoisotopic (exact) mass is 1310 g/mol. The number of ether oxygens (including phenoxy) is 8. The van der Waals surface area contributed by atoms with Gasteiger partial charge < -0.3 is 47.7 Å². The van der Waals surface area contributed by atoms with Crippen LogP contribution in [-0.4, -0.2) is 123 Å². The highest BCUT2D eigenvalue weighted by Crippen LogP contribution is 2.57. The Morgan fingerprint density at radius 1 is 0.500 bits per heavy atom. The molecular formula is C68H50F4N6O14S2. The lowest BCUT2D eigenvalue weighted by Gasteiger charge is -2.51. The van der Waals surface area contributed by atoms with Crippen molar-refractivity contribution in [1.82, 2.24) is 19.2 Å². The van der Waals surface area contributed by atoms with E-state index in [9.17, 15) is 28.8 Å². The molecule has 2 aliphatic carbocycles. The molecule has 2 amide bonds. The van der Waals surface area contributed by atoms with E-state index in [4.69, 9.17) is 28.4 Å². The average Bonchev–Trinajstić information content (AvgIpc) is 1.40. The number of hydrogen-bond donors (Lipinski definition) is 0. The molecule has 2 fully saturated rings. The third-order valence-corrected chi connectivity index (χ3v) is 19.9. The predicted molar refractivity (Wildman–Crippen MR) is 336 cm³/mol. The van der Waals surface area contributed by atoms with Crippen LogP contribution in [0.4, 0.5) is 27.2 Å². The number of aromatic nitrogens is 2. The van der Waals surface area contributed by atoms with Crippen molar-refractivity contribution in [2.75, 3.05) is 77.3 Å². The zero-order valence-electron chi connectivity index (χ0n) is 49.5. The molecule has 476 valence electrons. The molecule has 0 radical (unpaired) electrons. The summed E-state index contributed by atoms with van der Waals surface area (Å²) in [6.45, 7) is -0.304. The summed E-state index contributed by atoms with van der Waals surface area (Å²) in [7, 11) is 2.25. The van der Waals surface area contributed by atoms with E-state index in [0.29, 0.717) is 22.3 Å². The molecule has 6 aromatic carbocycles. The normalized spacial score (nSPS) is 18.0. The molecule has 2 saturated heterocycles. The van der Waals surface area contributed by atoms with Crippen molar-refractivity contribution < 1.29 is 74.6 Å². The second kappa shape index (κ2) is 23.9. The molecule has 0 saturated carbocycles. The molecule has 8 heterocycles. The number of pyridine rings is 2. The number of benzene rings is 6. The summed E-state index contributed by atoms with van der Waals surface area (Å²) in [6, 6.07) is 36.8. The van der Waals surface area contributed by atoms with Gasteiger partial charge in [-0.25, -0.2) is 27.2 Å². The summed E-state index contributed by atoms with van der Waals surface area (Å²) < 4.78 is 110. The molecule has 0 spiro atoms. The smallest absolute Gasteiger partial charge is 0.451 e. The fraction of sp³-hybridized carbons (Fsp3) is 0.206. The van der Waals surface area contributed by atoms with Gasteiger partial charge in [-0.05, 0) is 57.6 Å². The first-order valence-corrected chi connectivity index (χ1v) is 31.1. The maximum absolute atomic E-state index is 16.4. The highest BCUT2D eigenvalue weighted by atomic mass is 32.1. The third kappa shape index (κ3) is 9.51. The Labute approximate surface area is 537 Å². The number of fused-ring (bicyclic) bond motifs is 18. The number of amides is 2. The number of morpholine rings is 2. The Bertz CT molecular complexity index is 4640. The summed E-state index contributed by atoms with van der Waals surface area (Å²) in [6.07, 6.45) is -0.578. The van der Waals surface area contributed by atoms with Gasteiger partial charge in [0.15, 0.2) is 34.7 Å². The van der Waals surface area contributed by atoms with Crippen molar-refractivity contribution in [2.45, 2.75) is 24.4 Å². The summed E-state index contributed by atoms with van der Waals surface area (Å²) >= 11 is 2.98. The topological polar surface area (TPSA) is 199 Å². The van der Waals surface area contributed by atoms with Crippen molar-refractivity contribution in [3.8, 4) is 54.6 Å². The van der Waals surface area contributed by atoms with Gasteiger partial charge in [-0.1, -0.05) is 97.1 Å². The van der Waals surface area contributed by atoms with Gasteiger partial charge in [-0.2, -0.15) is 0 Å². The number of nitrogens with zero attached hydrogens (tertiary/aromatic N) is 6. The number of thiophene rings is 2. The van der Waals surface area contributed by atoms with Crippen LogP contribution >= 0.6 is 22.7 Å². The number of hydrogen-bond acceptors (Lipinski definition) is 18. The van der Waals surface area contributed by atoms with Gasteiger partial charge in [-0.3, -0.25) is 38.5 Å². The molecule has 94 heavy (non-hydrogen) atoms. The molecule has 0 N–H and O–H groups in total. The standard InChI is InChI=1S/2C34H25F2N3O7S/c2*1-43-34(42)46-17-45-31-23(40)12-13-38-30(31)33(41)37-14-15-44-16-25(37)39(38)29-18-6-2-3-7-19(18)32-27(20-8-4-5-9-24(20)47-32)26-21(29)10-11-22(35)28(26)36/h2*2-13,25,29H,14-17H2,1H3/t25-,29-;/m1./s1. The van der Waals surface area contributed by atoms with Crippen LogP contribution in [0.25, 0.3) is 63.3 Å². The van der Waals surface area contributed by atoms with Crippen LogP contribution in [-0.2, 0) is 28.4 Å². The average molecular weight is 1320 g/mol. The first kappa shape index (κ1) is 59.7. The third-order valence-electron chi connectivity index (χ3n) is 17.5.